The van der Waals surface area contributed by atoms with Crippen molar-refractivity contribution in [1.29, 1.82) is 0 Å². The molecule has 0 radical (unpaired) electrons. The number of alkyl halides is 1. The van der Waals surface area contributed by atoms with Crippen LogP contribution in [-0.4, -0.2) is 0 Å². The van der Waals surface area contributed by atoms with Crippen LogP contribution >= 0.6 is 43.5 Å². The molecule has 0 amide bonds. The fourth-order valence-corrected chi connectivity index (χ4v) is 2.19. The monoisotopic (exact) mass is 374 g/mol. The number of ether oxygens (including phenoxy) is 1. The Bertz CT molecular complexity index is 511. The minimum absolute atomic E-state index is 0.616. The van der Waals surface area contributed by atoms with Gasteiger partial charge in [-0.3, -0.25) is 0 Å². The van der Waals surface area contributed by atoms with E-state index < -0.39 is 0 Å². The van der Waals surface area contributed by atoms with E-state index in [0.29, 0.717) is 10.8 Å². The minimum atomic E-state index is 0.616. The lowest BCUT2D eigenvalue weighted by Crippen LogP contribution is -1.86. The maximum Gasteiger partial charge on any atom is 0.146 e. The Morgan fingerprint density at radius 2 is 1.76 bits per heavy atom. The summed E-state index contributed by atoms with van der Waals surface area (Å²) in [6.07, 6.45) is 0. The molecule has 2 aromatic carbocycles. The van der Waals surface area contributed by atoms with Gasteiger partial charge >= 0.3 is 0 Å². The first-order valence-electron chi connectivity index (χ1n) is 4.97. The van der Waals surface area contributed by atoms with Crippen LogP contribution in [0.15, 0.2) is 46.9 Å². The molecule has 17 heavy (non-hydrogen) atoms. The number of rotatable bonds is 3. The van der Waals surface area contributed by atoms with E-state index in [9.17, 15) is 0 Å². The van der Waals surface area contributed by atoms with Gasteiger partial charge < -0.3 is 4.74 Å². The van der Waals surface area contributed by atoms with Crippen molar-refractivity contribution >= 4 is 43.5 Å². The first-order chi connectivity index (χ1) is 8.19. The largest absolute Gasteiger partial charge is 0.456 e. The van der Waals surface area contributed by atoms with E-state index in [-0.39, 0.29) is 0 Å². The quantitative estimate of drug-likeness (QED) is 0.616. The highest BCUT2D eigenvalue weighted by atomic mass is 79.9. The summed E-state index contributed by atoms with van der Waals surface area (Å²) in [6, 6.07) is 13.4. The van der Waals surface area contributed by atoms with Gasteiger partial charge in [-0.2, -0.15) is 0 Å². The zero-order valence-electron chi connectivity index (χ0n) is 8.79. The summed E-state index contributed by atoms with van der Waals surface area (Å²) in [6.45, 7) is 0. The third-order valence-electron chi connectivity index (χ3n) is 2.19. The smallest absolute Gasteiger partial charge is 0.146 e. The second kappa shape index (κ2) is 5.89. The Morgan fingerprint density at radius 3 is 2.35 bits per heavy atom. The summed E-state index contributed by atoms with van der Waals surface area (Å²) >= 11 is 12.9. The molecule has 0 fully saturated rings. The third kappa shape index (κ3) is 3.47. The van der Waals surface area contributed by atoms with Crippen molar-refractivity contribution in [3.63, 3.8) is 0 Å². The van der Waals surface area contributed by atoms with E-state index in [1.807, 2.05) is 42.5 Å². The SMILES string of the molecule is Clc1cc(CBr)ccc1Oc1ccc(Br)cc1. The van der Waals surface area contributed by atoms with Gasteiger partial charge in [0.2, 0.25) is 0 Å². The lowest BCUT2D eigenvalue weighted by Gasteiger charge is -2.08. The molecule has 0 heterocycles. The average Bonchev–Trinajstić information content (AvgIpc) is 2.34. The molecule has 0 unspecified atom stereocenters. The third-order valence-corrected chi connectivity index (χ3v) is 3.66. The molecule has 0 N–H and O–H groups in total. The first kappa shape index (κ1) is 12.9. The minimum Gasteiger partial charge on any atom is -0.456 e. The van der Waals surface area contributed by atoms with Crippen LogP contribution in [-0.2, 0) is 5.33 Å². The van der Waals surface area contributed by atoms with Gasteiger partial charge in [0.05, 0.1) is 5.02 Å². The highest BCUT2D eigenvalue weighted by Crippen LogP contribution is 2.31. The van der Waals surface area contributed by atoms with Gasteiger partial charge in [-0.15, -0.1) is 0 Å². The van der Waals surface area contributed by atoms with Crippen LogP contribution in [0.2, 0.25) is 5.02 Å². The van der Waals surface area contributed by atoms with Crippen LogP contribution in [0.25, 0.3) is 0 Å². The van der Waals surface area contributed by atoms with Gasteiger partial charge in [-0.1, -0.05) is 49.5 Å². The van der Waals surface area contributed by atoms with Crippen LogP contribution in [0.4, 0.5) is 0 Å². The molecule has 2 aromatic rings. The molecule has 0 atom stereocenters. The molecule has 1 nitrogen and oxygen atoms in total. The topological polar surface area (TPSA) is 9.23 Å². The summed E-state index contributed by atoms with van der Waals surface area (Å²) < 4.78 is 6.71. The van der Waals surface area contributed by atoms with E-state index in [2.05, 4.69) is 31.9 Å². The zero-order chi connectivity index (χ0) is 12.3. The van der Waals surface area contributed by atoms with Crippen molar-refractivity contribution in [1.82, 2.24) is 0 Å². The second-order valence-electron chi connectivity index (χ2n) is 3.45. The van der Waals surface area contributed by atoms with Crippen molar-refractivity contribution in [2.75, 3.05) is 0 Å². The Kier molecular flexibility index (Phi) is 4.48. The molecular formula is C13H9Br2ClO. The van der Waals surface area contributed by atoms with Gasteiger partial charge in [0.15, 0.2) is 0 Å². The van der Waals surface area contributed by atoms with Crippen molar-refractivity contribution in [2.24, 2.45) is 0 Å². The van der Waals surface area contributed by atoms with Crippen LogP contribution in [0.5, 0.6) is 11.5 Å². The predicted octanol–water partition coefficient (Wildman–Crippen LogP) is 5.79. The first-order valence-corrected chi connectivity index (χ1v) is 7.26. The Hall–Kier alpha value is -0.510. The summed E-state index contributed by atoms with van der Waals surface area (Å²) in [5.41, 5.74) is 1.12. The molecule has 0 aliphatic rings. The molecule has 0 aliphatic carbocycles. The van der Waals surface area contributed by atoms with E-state index in [1.165, 1.54) is 0 Å². The molecular weight excluding hydrogens is 367 g/mol. The Labute approximate surface area is 122 Å². The van der Waals surface area contributed by atoms with E-state index in [0.717, 1.165) is 21.1 Å². The van der Waals surface area contributed by atoms with Crippen molar-refractivity contribution in [2.45, 2.75) is 5.33 Å². The summed E-state index contributed by atoms with van der Waals surface area (Å²) in [4.78, 5) is 0. The number of benzene rings is 2. The van der Waals surface area contributed by atoms with E-state index in [1.54, 1.807) is 0 Å². The normalized spacial score (nSPS) is 10.3. The summed E-state index contributed by atoms with van der Waals surface area (Å²) in [5, 5.41) is 1.40. The van der Waals surface area contributed by atoms with Crippen LogP contribution in [0.3, 0.4) is 0 Å². The Morgan fingerprint density at radius 1 is 1.06 bits per heavy atom. The van der Waals surface area contributed by atoms with E-state index in [4.69, 9.17) is 16.3 Å². The second-order valence-corrected chi connectivity index (χ2v) is 5.34. The van der Waals surface area contributed by atoms with Gasteiger partial charge in [0.1, 0.15) is 11.5 Å². The molecule has 0 bridgehead atoms. The van der Waals surface area contributed by atoms with Crippen LogP contribution < -0.4 is 4.74 Å². The van der Waals surface area contributed by atoms with Gasteiger partial charge in [-0.25, -0.2) is 0 Å². The summed E-state index contributed by atoms with van der Waals surface area (Å²) in [5.74, 6) is 1.43. The van der Waals surface area contributed by atoms with Gasteiger partial charge in [0, 0.05) is 9.80 Å². The molecule has 4 heteroatoms. The van der Waals surface area contributed by atoms with Gasteiger partial charge in [0.25, 0.3) is 0 Å². The number of halogens is 3. The average molecular weight is 376 g/mol. The predicted molar refractivity (Wildman–Crippen MR) is 78.3 cm³/mol. The molecule has 0 spiro atoms. The van der Waals surface area contributed by atoms with Gasteiger partial charge in [-0.05, 0) is 42.0 Å². The molecule has 0 aliphatic heterocycles. The zero-order valence-corrected chi connectivity index (χ0v) is 12.7. The Balaban J connectivity index is 2.21. The maximum absolute atomic E-state index is 6.13. The standard InChI is InChI=1S/C13H9Br2ClO/c14-8-9-1-6-13(12(16)7-9)17-11-4-2-10(15)3-5-11/h1-7H,8H2. The number of hydrogen-bond acceptors (Lipinski definition) is 1. The fraction of sp³-hybridized carbons (Fsp3) is 0.0769. The summed E-state index contributed by atoms with van der Waals surface area (Å²) in [7, 11) is 0. The lowest BCUT2D eigenvalue weighted by atomic mass is 10.2. The molecule has 88 valence electrons. The highest BCUT2D eigenvalue weighted by Gasteiger charge is 2.04. The fourth-order valence-electron chi connectivity index (χ4n) is 1.34. The molecule has 0 aromatic heterocycles. The van der Waals surface area contributed by atoms with Crippen LogP contribution in [0.1, 0.15) is 5.56 Å². The van der Waals surface area contributed by atoms with Crippen molar-refractivity contribution < 1.29 is 4.74 Å². The van der Waals surface area contributed by atoms with Crippen LogP contribution in [0, 0.1) is 0 Å². The van der Waals surface area contributed by atoms with E-state index >= 15 is 0 Å². The molecule has 0 saturated carbocycles. The maximum atomic E-state index is 6.13. The lowest BCUT2D eigenvalue weighted by molar-refractivity contribution is 0.482. The molecule has 0 saturated heterocycles. The molecule has 2 rings (SSSR count). The van der Waals surface area contributed by atoms with Crippen molar-refractivity contribution in [3.05, 3.63) is 57.5 Å². The van der Waals surface area contributed by atoms with Crippen molar-refractivity contribution in [3.8, 4) is 11.5 Å². The number of hydrogen-bond donors (Lipinski definition) is 0. The highest BCUT2D eigenvalue weighted by molar-refractivity contribution is 9.10.